The van der Waals surface area contributed by atoms with Crippen LogP contribution in [0.25, 0.3) is 0 Å². The van der Waals surface area contributed by atoms with Gasteiger partial charge in [0.2, 0.25) is 0 Å². The van der Waals surface area contributed by atoms with E-state index in [1.165, 1.54) is 17.5 Å². The molecule has 30 heavy (non-hydrogen) atoms. The highest BCUT2D eigenvalue weighted by Gasteiger charge is 2.26. The number of amides is 1. The Labute approximate surface area is 176 Å². The zero-order valence-electron chi connectivity index (χ0n) is 16.9. The number of hydrogen-bond acceptors (Lipinski definition) is 4. The minimum atomic E-state index is -3.15. The summed E-state index contributed by atoms with van der Waals surface area (Å²) in [6.07, 6.45) is 5.84. The van der Waals surface area contributed by atoms with Crippen LogP contribution in [-0.2, 0) is 28.6 Å². The van der Waals surface area contributed by atoms with Crippen molar-refractivity contribution in [1.82, 2.24) is 15.1 Å². The molecule has 6 nitrogen and oxygen atoms in total. The number of fused-ring (bicyclic) bond motifs is 1. The minimum absolute atomic E-state index is 0.0754. The van der Waals surface area contributed by atoms with Gasteiger partial charge in [-0.1, -0.05) is 42.5 Å². The van der Waals surface area contributed by atoms with E-state index in [0.717, 1.165) is 24.8 Å². The molecular weight excluding hydrogens is 398 g/mol. The van der Waals surface area contributed by atoms with Crippen LogP contribution in [0.1, 0.15) is 51.6 Å². The van der Waals surface area contributed by atoms with E-state index in [9.17, 15) is 13.2 Å². The normalized spacial score (nSPS) is 16.1. The number of benzene rings is 2. The average molecular weight is 424 g/mol. The molecule has 0 saturated carbocycles. The fraction of sp³-hybridized carbons (Fsp3) is 0.304. The maximum atomic E-state index is 12.9. The van der Waals surface area contributed by atoms with Crippen LogP contribution in [0.4, 0.5) is 0 Å². The molecule has 0 bridgehead atoms. The van der Waals surface area contributed by atoms with E-state index in [1.54, 1.807) is 24.3 Å². The van der Waals surface area contributed by atoms with Crippen LogP contribution in [-0.4, -0.2) is 30.4 Å². The summed E-state index contributed by atoms with van der Waals surface area (Å²) in [6, 6.07) is 16.9. The largest absolute Gasteiger partial charge is 0.345 e. The van der Waals surface area contributed by atoms with Crippen molar-refractivity contribution in [2.24, 2.45) is 0 Å². The van der Waals surface area contributed by atoms with Gasteiger partial charge in [0.15, 0.2) is 9.84 Å². The van der Waals surface area contributed by atoms with Gasteiger partial charge in [-0.25, -0.2) is 8.42 Å². The third-order valence-corrected chi connectivity index (χ3v) is 6.22. The fourth-order valence-electron chi connectivity index (χ4n) is 4.01. The van der Waals surface area contributed by atoms with Gasteiger partial charge in [0.1, 0.15) is 0 Å². The van der Waals surface area contributed by atoms with Crippen LogP contribution >= 0.6 is 0 Å². The average Bonchev–Trinajstić information content (AvgIpc) is 3.11. The molecule has 0 fully saturated rings. The Kier molecular flexibility index (Phi) is 5.72. The molecule has 1 aliphatic carbocycles. The number of carbonyl (C=O) groups is 1. The van der Waals surface area contributed by atoms with E-state index in [4.69, 9.17) is 0 Å². The first-order chi connectivity index (χ1) is 14.4. The summed E-state index contributed by atoms with van der Waals surface area (Å²) in [5, 5.41) is 7.69. The van der Waals surface area contributed by atoms with Crippen molar-refractivity contribution < 1.29 is 13.2 Å². The first kappa shape index (κ1) is 20.3. The molecule has 0 radical (unpaired) electrons. The highest BCUT2D eigenvalue weighted by Crippen LogP contribution is 2.30. The Balaban J connectivity index is 1.50. The van der Waals surface area contributed by atoms with E-state index in [-0.39, 0.29) is 17.7 Å². The minimum Gasteiger partial charge on any atom is -0.345 e. The van der Waals surface area contributed by atoms with E-state index in [0.29, 0.717) is 17.7 Å². The second-order valence-corrected chi connectivity index (χ2v) is 10.0. The molecular formula is C23H25N3O3S. The van der Waals surface area contributed by atoms with Gasteiger partial charge in [-0.3, -0.25) is 9.48 Å². The van der Waals surface area contributed by atoms with Crippen molar-refractivity contribution in [3.05, 3.63) is 88.7 Å². The Hall–Kier alpha value is -2.93. The molecule has 0 spiro atoms. The number of sulfone groups is 1. The van der Waals surface area contributed by atoms with Crippen LogP contribution in [0.2, 0.25) is 0 Å². The van der Waals surface area contributed by atoms with Crippen LogP contribution < -0.4 is 5.32 Å². The zero-order chi connectivity index (χ0) is 21.1. The zero-order valence-corrected chi connectivity index (χ0v) is 17.7. The van der Waals surface area contributed by atoms with Gasteiger partial charge >= 0.3 is 0 Å². The van der Waals surface area contributed by atoms with Gasteiger partial charge in [-0.15, -0.1) is 0 Å². The lowest BCUT2D eigenvalue weighted by Crippen LogP contribution is -2.31. The molecule has 1 amide bonds. The molecule has 7 heteroatoms. The number of rotatable bonds is 6. The molecule has 3 aromatic rings. The molecule has 1 aromatic heterocycles. The number of carbonyl (C=O) groups excluding carboxylic acids is 1. The standard InChI is InChI=1S/C23H25N3O3S/c1-30(28,29)16-18-9-5-10-19(13-18)23(27)25-21-11-6-12-22-20(21)14-24-26(22)15-17-7-3-2-4-8-17/h2-5,7-10,13-14,21H,6,11-12,15-16H2,1H3,(H,25,27). The monoisotopic (exact) mass is 423 g/mol. The third-order valence-electron chi connectivity index (χ3n) is 5.36. The van der Waals surface area contributed by atoms with Crippen molar-refractivity contribution in [3.8, 4) is 0 Å². The van der Waals surface area contributed by atoms with E-state index in [2.05, 4.69) is 22.5 Å². The third kappa shape index (κ3) is 4.79. The second kappa shape index (κ2) is 8.44. The number of aromatic nitrogens is 2. The maximum Gasteiger partial charge on any atom is 0.251 e. The van der Waals surface area contributed by atoms with Crippen molar-refractivity contribution in [2.75, 3.05) is 6.26 Å². The molecule has 1 N–H and O–H groups in total. The van der Waals surface area contributed by atoms with Gasteiger partial charge in [-0.05, 0) is 42.5 Å². The molecule has 0 aliphatic heterocycles. The van der Waals surface area contributed by atoms with Crippen LogP contribution in [0.5, 0.6) is 0 Å². The molecule has 1 heterocycles. The molecule has 2 aromatic carbocycles. The van der Waals surface area contributed by atoms with Crippen molar-refractivity contribution in [2.45, 2.75) is 37.6 Å². The quantitative estimate of drug-likeness (QED) is 0.660. The second-order valence-electron chi connectivity index (χ2n) is 7.88. The summed E-state index contributed by atoms with van der Waals surface area (Å²) < 4.78 is 25.1. The topological polar surface area (TPSA) is 81.1 Å². The first-order valence-electron chi connectivity index (χ1n) is 10.0. The van der Waals surface area contributed by atoms with Gasteiger partial charge in [-0.2, -0.15) is 5.10 Å². The lowest BCUT2D eigenvalue weighted by atomic mass is 9.92. The van der Waals surface area contributed by atoms with Crippen molar-refractivity contribution in [3.63, 3.8) is 0 Å². The number of nitrogens with one attached hydrogen (secondary N) is 1. The van der Waals surface area contributed by atoms with E-state index in [1.807, 2.05) is 29.1 Å². The maximum absolute atomic E-state index is 12.9. The Morgan fingerprint density at radius 1 is 1.13 bits per heavy atom. The van der Waals surface area contributed by atoms with Gasteiger partial charge in [0.05, 0.1) is 24.5 Å². The summed E-state index contributed by atoms with van der Waals surface area (Å²) in [6.45, 7) is 0.713. The van der Waals surface area contributed by atoms with Crippen molar-refractivity contribution in [1.29, 1.82) is 0 Å². The van der Waals surface area contributed by atoms with Crippen LogP contribution in [0.3, 0.4) is 0 Å². The fourth-order valence-corrected chi connectivity index (χ4v) is 4.79. The summed E-state index contributed by atoms with van der Waals surface area (Å²) in [5.41, 5.74) is 4.52. The Morgan fingerprint density at radius 3 is 2.67 bits per heavy atom. The molecule has 156 valence electrons. The van der Waals surface area contributed by atoms with Gasteiger partial charge < -0.3 is 5.32 Å². The van der Waals surface area contributed by atoms with Gasteiger partial charge in [0, 0.05) is 23.1 Å². The lowest BCUT2D eigenvalue weighted by molar-refractivity contribution is 0.0932. The smallest absolute Gasteiger partial charge is 0.251 e. The van der Waals surface area contributed by atoms with Gasteiger partial charge in [0.25, 0.3) is 5.91 Å². The lowest BCUT2D eigenvalue weighted by Gasteiger charge is -2.24. The number of hydrogen-bond donors (Lipinski definition) is 1. The van der Waals surface area contributed by atoms with E-state index < -0.39 is 9.84 Å². The van der Waals surface area contributed by atoms with Crippen LogP contribution in [0, 0.1) is 0 Å². The highest BCUT2D eigenvalue weighted by molar-refractivity contribution is 7.89. The molecule has 0 saturated heterocycles. The number of nitrogens with zero attached hydrogens (tertiary/aromatic N) is 2. The molecule has 1 unspecified atom stereocenters. The molecule has 4 rings (SSSR count). The molecule has 1 aliphatic rings. The Morgan fingerprint density at radius 2 is 1.90 bits per heavy atom. The highest BCUT2D eigenvalue weighted by atomic mass is 32.2. The van der Waals surface area contributed by atoms with Crippen molar-refractivity contribution >= 4 is 15.7 Å². The summed E-state index contributed by atoms with van der Waals surface area (Å²) in [4.78, 5) is 12.9. The Bertz CT molecular complexity index is 1150. The predicted molar refractivity (Wildman–Crippen MR) is 116 cm³/mol. The molecule has 1 atom stereocenters. The SMILES string of the molecule is CS(=O)(=O)Cc1cccc(C(=O)NC2CCCc3c2cnn3Cc2ccccc2)c1. The predicted octanol–water partition coefficient (Wildman–Crippen LogP) is 3.28. The van der Waals surface area contributed by atoms with E-state index >= 15 is 0 Å². The first-order valence-corrected chi connectivity index (χ1v) is 12.1. The summed E-state index contributed by atoms with van der Waals surface area (Å²) >= 11 is 0. The summed E-state index contributed by atoms with van der Waals surface area (Å²) in [7, 11) is -3.15. The summed E-state index contributed by atoms with van der Waals surface area (Å²) in [5.74, 6) is -0.271. The van der Waals surface area contributed by atoms with Crippen LogP contribution in [0.15, 0.2) is 60.8 Å².